The first kappa shape index (κ1) is 19.8. The number of aromatic nitrogens is 5. The van der Waals surface area contributed by atoms with Crippen LogP contribution in [0.5, 0.6) is 0 Å². The Balaban J connectivity index is 1.61. The highest BCUT2D eigenvalue weighted by atomic mass is 16.2. The summed E-state index contributed by atoms with van der Waals surface area (Å²) in [5.74, 6) is 1.07. The number of benzene rings is 1. The van der Waals surface area contributed by atoms with E-state index in [4.69, 9.17) is 0 Å². The van der Waals surface area contributed by atoms with Gasteiger partial charge in [-0.2, -0.15) is 4.98 Å². The molecule has 0 bridgehead atoms. The molecule has 0 fully saturated rings. The monoisotopic (exact) mass is 405 g/mol. The van der Waals surface area contributed by atoms with Crippen LogP contribution in [0.25, 0.3) is 0 Å². The lowest BCUT2D eigenvalue weighted by Crippen LogP contribution is -2.33. The molecule has 3 heterocycles. The van der Waals surface area contributed by atoms with Crippen molar-refractivity contribution in [1.82, 2.24) is 25.0 Å². The minimum Gasteiger partial charge on any atom is -0.357 e. The van der Waals surface area contributed by atoms with Crippen LogP contribution < -0.4 is 15.1 Å². The average molecular weight is 405 g/mol. The summed E-state index contributed by atoms with van der Waals surface area (Å²) in [4.78, 5) is 25.9. The summed E-state index contributed by atoms with van der Waals surface area (Å²) in [6.07, 6.45) is 4.10. The molecule has 0 unspecified atom stereocenters. The quantitative estimate of drug-likeness (QED) is 0.671. The van der Waals surface area contributed by atoms with E-state index in [-0.39, 0.29) is 5.91 Å². The molecular formula is C21H25N8O. The van der Waals surface area contributed by atoms with Crippen LogP contribution in [0.4, 0.5) is 17.5 Å². The smallest absolute Gasteiger partial charge is 0.263 e. The second kappa shape index (κ2) is 8.48. The largest absolute Gasteiger partial charge is 0.357 e. The maximum absolute atomic E-state index is 13.3. The molecule has 1 N–H and O–H groups in total. The Morgan fingerprint density at radius 2 is 2.13 bits per heavy atom. The number of rotatable bonds is 6. The van der Waals surface area contributed by atoms with Crippen molar-refractivity contribution in [3.63, 3.8) is 0 Å². The molecule has 0 saturated carbocycles. The number of carbonyl (C=O) groups is 1. The topological polar surface area (TPSA) is 92.1 Å². The normalized spacial score (nSPS) is 13.9. The van der Waals surface area contributed by atoms with Crippen molar-refractivity contribution in [3.8, 4) is 0 Å². The van der Waals surface area contributed by atoms with E-state index in [0.717, 1.165) is 23.5 Å². The van der Waals surface area contributed by atoms with Gasteiger partial charge >= 0.3 is 0 Å². The van der Waals surface area contributed by atoms with E-state index in [1.165, 1.54) is 0 Å². The number of hydrogen-bond acceptors (Lipinski definition) is 7. The van der Waals surface area contributed by atoms with Gasteiger partial charge in [0.15, 0.2) is 0 Å². The second-order valence-corrected chi connectivity index (χ2v) is 7.17. The molecule has 0 saturated heterocycles. The molecule has 30 heavy (non-hydrogen) atoms. The number of amides is 1. The van der Waals surface area contributed by atoms with Gasteiger partial charge in [0, 0.05) is 44.8 Å². The average Bonchev–Trinajstić information content (AvgIpc) is 3.17. The fraction of sp³-hybridized carbons (Fsp3) is 0.333. The van der Waals surface area contributed by atoms with Gasteiger partial charge in [-0.1, -0.05) is 17.3 Å². The standard InChI is InChI=1S/C21H25N8O/c1-4-16-14-28(26-25-16)13-15-7-6-8-17(11-15)29-10-9-27(3)19-18(20(29)30)12-23-21(24-19)22-5-2/h6-8,11-12,14H,1,4-5,9-10,13H2,2-3H3,(H,22,23,24). The van der Waals surface area contributed by atoms with Gasteiger partial charge in [0.25, 0.3) is 5.91 Å². The first-order valence-corrected chi connectivity index (χ1v) is 10.00. The minimum absolute atomic E-state index is 0.102. The molecule has 155 valence electrons. The zero-order valence-electron chi connectivity index (χ0n) is 17.2. The third kappa shape index (κ3) is 3.96. The number of likely N-dealkylation sites (N-methyl/N-ethyl adjacent to an activating group) is 1. The third-order valence-corrected chi connectivity index (χ3v) is 5.01. The SMILES string of the molecule is [CH2]Cc1cn(Cc2cccc(N3CCN(C)c4nc(NCC)ncc4C3=O)c2)nn1. The fourth-order valence-corrected chi connectivity index (χ4v) is 3.45. The van der Waals surface area contributed by atoms with Crippen LogP contribution in [0.1, 0.15) is 28.5 Å². The van der Waals surface area contributed by atoms with Crippen LogP contribution in [0, 0.1) is 6.92 Å². The lowest BCUT2D eigenvalue weighted by atomic mass is 10.1. The number of nitrogens with one attached hydrogen (secondary N) is 1. The lowest BCUT2D eigenvalue weighted by Gasteiger charge is -2.21. The summed E-state index contributed by atoms with van der Waals surface area (Å²) in [7, 11) is 1.94. The molecule has 9 heteroatoms. The van der Waals surface area contributed by atoms with Crippen LogP contribution >= 0.6 is 0 Å². The van der Waals surface area contributed by atoms with Crippen molar-refractivity contribution >= 4 is 23.4 Å². The van der Waals surface area contributed by atoms with E-state index in [2.05, 4.69) is 32.5 Å². The molecule has 1 radical (unpaired) electrons. The van der Waals surface area contributed by atoms with Crippen LogP contribution in [0.15, 0.2) is 36.7 Å². The minimum atomic E-state index is -0.102. The van der Waals surface area contributed by atoms with Gasteiger partial charge in [-0.05, 0) is 38.0 Å². The highest BCUT2D eigenvalue weighted by Crippen LogP contribution is 2.27. The Morgan fingerprint density at radius 3 is 2.90 bits per heavy atom. The summed E-state index contributed by atoms with van der Waals surface area (Å²) >= 11 is 0. The molecule has 9 nitrogen and oxygen atoms in total. The van der Waals surface area contributed by atoms with Gasteiger partial charge < -0.3 is 15.1 Å². The first-order valence-electron chi connectivity index (χ1n) is 10.00. The van der Waals surface area contributed by atoms with Gasteiger partial charge in [0.2, 0.25) is 5.95 Å². The molecular weight excluding hydrogens is 380 g/mol. The van der Waals surface area contributed by atoms with E-state index in [1.54, 1.807) is 15.8 Å². The van der Waals surface area contributed by atoms with Gasteiger partial charge in [-0.25, -0.2) is 9.67 Å². The van der Waals surface area contributed by atoms with E-state index in [1.807, 2.05) is 49.3 Å². The van der Waals surface area contributed by atoms with E-state index < -0.39 is 0 Å². The molecule has 3 aromatic rings. The fourth-order valence-electron chi connectivity index (χ4n) is 3.45. The van der Waals surface area contributed by atoms with Crippen LogP contribution in [-0.4, -0.2) is 57.6 Å². The molecule has 1 aliphatic heterocycles. The van der Waals surface area contributed by atoms with Gasteiger partial charge in [0.05, 0.1) is 12.2 Å². The van der Waals surface area contributed by atoms with Crippen LogP contribution in [-0.2, 0) is 13.0 Å². The van der Waals surface area contributed by atoms with E-state index >= 15 is 0 Å². The molecule has 0 aliphatic carbocycles. The van der Waals surface area contributed by atoms with Crippen molar-refractivity contribution in [2.24, 2.45) is 0 Å². The molecule has 4 rings (SSSR count). The number of carbonyl (C=O) groups excluding carboxylic acids is 1. The summed E-state index contributed by atoms with van der Waals surface area (Å²) in [6.45, 7) is 8.34. The summed E-state index contributed by atoms with van der Waals surface area (Å²) in [5, 5.41) is 11.3. The summed E-state index contributed by atoms with van der Waals surface area (Å²) < 4.78 is 1.78. The Bertz CT molecular complexity index is 1050. The maximum Gasteiger partial charge on any atom is 0.263 e. The predicted octanol–water partition coefficient (Wildman–Crippen LogP) is 2.02. The number of anilines is 3. The van der Waals surface area contributed by atoms with Crippen molar-refractivity contribution in [3.05, 3.63) is 60.4 Å². The van der Waals surface area contributed by atoms with Crippen molar-refractivity contribution in [2.75, 3.05) is 41.8 Å². The Labute approximate surface area is 175 Å². The highest BCUT2D eigenvalue weighted by Gasteiger charge is 2.28. The Kier molecular flexibility index (Phi) is 5.60. The van der Waals surface area contributed by atoms with Gasteiger partial charge in [-0.3, -0.25) is 4.79 Å². The first-order chi connectivity index (χ1) is 14.6. The highest BCUT2D eigenvalue weighted by molar-refractivity contribution is 6.09. The van der Waals surface area contributed by atoms with Crippen LogP contribution in [0.2, 0.25) is 0 Å². The molecule has 0 atom stereocenters. The van der Waals surface area contributed by atoms with Crippen LogP contribution in [0.3, 0.4) is 0 Å². The Morgan fingerprint density at radius 1 is 1.27 bits per heavy atom. The number of fused-ring (bicyclic) bond motifs is 1. The second-order valence-electron chi connectivity index (χ2n) is 7.17. The molecule has 1 amide bonds. The summed E-state index contributed by atoms with van der Waals surface area (Å²) in [6, 6.07) is 7.94. The van der Waals surface area contributed by atoms with Crippen molar-refractivity contribution < 1.29 is 4.79 Å². The lowest BCUT2D eigenvalue weighted by molar-refractivity contribution is 0.0989. The maximum atomic E-state index is 13.3. The Hall–Kier alpha value is -3.49. The number of nitrogens with zero attached hydrogens (tertiary/aromatic N) is 7. The van der Waals surface area contributed by atoms with E-state index in [9.17, 15) is 4.79 Å². The predicted molar refractivity (Wildman–Crippen MR) is 116 cm³/mol. The van der Waals surface area contributed by atoms with Gasteiger partial charge in [-0.15, -0.1) is 5.10 Å². The molecule has 2 aromatic heterocycles. The third-order valence-electron chi connectivity index (χ3n) is 5.01. The zero-order chi connectivity index (χ0) is 21.1. The molecule has 1 aliphatic rings. The zero-order valence-corrected chi connectivity index (χ0v) is 17.2. The summed E-state index contributed by atoms with van der Waals surface area (Å²) in [5.41, 5.74) is 3.23. The van der Waals surface area contributed by atoms with E-state index in [0.29, 0.717) is 43.4 Å². The van der Waals surface area contributed by atoms with Crippen molar-refractivity contribution in [2.45, 2.75) is 19.9 Å². The van der Waals surface area contributed by atoms with Gasteiger partial charge in [0.1, 0.15) is 11.4 Å². The molecule has 1 aromatic carbocycles. The molecule has 0 spiro atoms. The number of hydrogen-bond donors (Lipinski definition) is 1. The van der Waals surface area contributed by atoms with Crippen molar-refractivity contribution in [1.29, 1.82) is 0 Å².